The van der Waals surface area contributed by atoms with E-state index in [0.717, 1.165) is 22.2 Å². The lowest BCUT2D eigenvalue weighted by Gasteiger charge is -2.08. The Morgan fingerprint density at radius 3 is 3.05 bits per heavy atom. The predicted molar refractivity (Wildman–Crippen MR) is 82.7 cm³/mol. The van der Waals surface area contributed by atoms with Crippen molar-refractivity contribution in [3.05, 3.63) is 29.3 Å². The first-order chi connectivity index (χ1) is 9.22. The second kappa shape index (κ2) is 6.63. The number of hydrogen-bond acceptors (Lipinski definition) is 4. The zero-order chi connectivity index (χ0) is 13.7. The molecule has 19 heavy (non-hydrogen) atoms. The molecule has 1 aromatic carbocycles. The maximum absolute atomic E-state index is 8.86. The van der Waals surface area contributed by atoms with E-state index in [2.05, 4.69) is 18.3 Å². The van der Waals surface area contributed by atoms with E-state index in [1.807, 2.05) is 25.1 Å². The third-order valence-electron chi connectivity index (χ3n) is 3.20. The molecule has 1 unspecified atom stereocenters. The summed E-state index contributed by atoms with van der Waals surface area (Å²) in [6.45, 7) is 4.23. The second-order valence-electron chi connectivity index (χ2n) is 4.81. The smallest absolute Gasteiger partial charge is 0.161 e. The first-order valence-corrected chi connectivity index (χ1v) is 7.70. The van der Waals surface area contributed by atoms with Crippen molar-refractivity contribution < 1.29 is 0 Å². The summed E-state index contributed by atoms with van der Waals surface area (Å²) in [5, 5.41) is 13.2. The van der Waals surface area contributed by atoms with Crippen LogP contribution in [0.3, 0.4) is 0 Å². The third-order valence-corrected chi connectivity index (χ3v) is 4.23. The van der Waals surface area contributed by atoms with E-state index in [1.54, 1.807) is 11.8 Å². The molecule has 1 N–H and O–H groups in total. The number of nitrogens with zero attached hydrogens (tertiary/aromatic N) is 2. The van der Waals surface area contributed by atoms with Gasteiger partial charge in [0, 0.05) is 11.4 Å². The number of rotatable bonds is 4. The molecule has 0 aromatic heterocycles. The molecule has 100 valence electrons. The monoisotopic (exact) mass is 273 g/mol. The molecule has 0 bridgehead atoms. The molecule has 0 fully saturated rings. The van der Waals surface area contributed by atoms with Crippen LogP contribution in [0.2, 0.25) is 0 Å². The number of aliphatic imine (C=N–C) groups is 1. The minimum absolute atomic E-state index is 0.464. The lowest BCUT2D eigenvalue weighted by atomic mass is 10.1. The van der Waals surface area contributed by atoms with E-state index >= 15 is 0 Å². The lowest BCUT2D eigenvalue weighted by molar-refractivity contribution is 0.630. The quantitative estimate of drug-likeness (QED) is 0.904. The molecule has 1 heterocycles. The highest BCUT2D eigenvalue weighted by molar-refractivity contribution is 8.14. The zero-order valence-corrected chi connectivity index (χ0v) is 12.3. The van der Waals surface area contributed by atoms with Gasteiger partial charge in [0.2, 0.25) is 0 Å². The molecule has 1 aliphatic heterocycles. The summed E-state index contributed by atoms with van der Waals surface area (Å²) in [5.41, 5.74) is 2.82. The van der Waals surface area contributed by atoms with Crippen LogP contribution in [0.5, 0.6) is 0 Å². The topological polar surface area (TPSA) is 48.2 Å². The third kappa shape index (κ3) is 3.74. The molecule has 3 nitrogen and oxygen atoms in total. The summed E-state index contributed by atoms with van der Waals surface area (Å²) in [5.74, 6) is 1.08. The maximum atomic E-state index is 8.86. The molecule has 0 saturated heterocycles. The number of thioether (sulfide) groups is 1. The highest BCUT2D eigenvalue weighted by atomic mass is 32.2. The number of aryl methyl sites for hydroxylation is 1. The fraction of sp³-hybridized carbons (Fsp3) is 0.467. The Hall–Kier alpha value is -1.47. The van der Waals surface area contributed by atoms with Gasteiger partial charge in [0.1, 0.15) is 0 Å². The molecule has 1 atom stereocenters. The Labute approximate surface area is 119 Å². The van der Waals surface area contributed by atoms with Gasteiger partial charge in [-0.05, 0) is 37.1 Å². The number of nitrogens with one attached hydrogen (secondary N) is 1. The Morgan fingerprint density at radius 1 is 1.53 bits per heavy atom. The number of benzene rings is 1. The van der Waals surface area contributed by atoms with Gasteiger partial charge in [-0.25, -0.2) is 0 Å². The predicted octanol–water partition coefficient (Wildman–Crippen LogP) is 3.94. The van der Waals surface area contributed by atoms with Gasteiger partial charge in [0.05, 0.1) is 17.7 Å². The van der Waals surface area contributed by atoms with Crippen molar-refractivity contribution in [2.75, 3.05) is 11.1 Å². The van der Waals surface area contributed by atoms with Crippen molar-refractivity contribution >= 4 is 22.6 Å². The Bertz CT molecular complexity index is 517. The molecular weight excluding hydrogens is 254 g/mol. The van der Waals surface area contributed by atoms with Gasteiger partial charge in [-0.15, -0.1) is 0 Å². The molecule has 0 amide bonds. The Kier molecular flexibility index (Phi) is 4.86. The normalized spacial score (nSPS) is 17.9. The highest BCUT2D eigenvalue weighted by Crippen LogP contribution is 2.25. The molecule has 0 aliphatic carbocycles. The molecule has 0 spiro atoms. The van der Waals surface area contributed by atoms with Crippen molar-refractivity contribution in [3.63, 3.8) is 0 Å². The van der Waals surface area contributed by atoms with Crippen molar-refractivity contribution in [1.29, 1.82) is 5.26 Å². The highest BCUT2D eigenvalue weighted by Gasteiger charge is 2.18. The number of anilines is 1. The molecule has 0 radical (unpaired) electrons. The fourth-order valence-electron chi connectivity index (χ4n) is 2.06. The standard InChI is InChI=1S/C15H19N3S/c1-3-4-5-13-10-19-15(17-13)18-14-7-6-12(9-16)8-11(14)2/h6-8,13H,3-5,10H2,1-2H3,(H,17,18). The van der Waals surface area contributed by atoms with Gasteiger partial charge >= 0.3 is 0 Å². The van der Waals surface area contributed by atoms with Crippen LogP contribution in [-0.4, -0.2) is 17.0 Å². The van der Waals surface area contributed by atoms with Crippen molar-refractivity contribution in [3.8, 4) is 6.07 Å². The number of amidine groups is 1. The van der Waals surface area contributed by atoms with Crippen LogP contribution in [-0.2, 0) is 0 Å². The molecular formula is C15H19N3S. The van der Waals surface area contributed by atoms with Crippen LogP contribution < -0.4 is 5.32 Å². The summed E-state index contributed by atoms with van der Waals surface area (Å²) >= 11 is 1.79. The van der Waals surface area contributed by atoms with E-state index < -0.39 is 0 Å². The van der Waals surface area contributed by atoms with Gasteiger partial charge in [-0.1, -0.05) is 31.5 Å². The molecule has 4 heteroatoms. The average Bonchev–Trinajstić information content (AvgIpc) is 2.86. The average molecular weight is 273 g/mol. The summed E-state index contributed by atoms with van der Waals surface area (Å²) in [7, 11) is 0. The molecule has 0 saturated carbocycles. The van der Waals surface area contributed by atoms with Crippen molar-refractivity contribution in [2.24, 2.45) is 4.99 Å². The van der Waals surface area contributed by atoms with Crippen LogP contribution in [0.4, 0.5) is 5.69 Å². The lowest BCUT2D eigenvalue weighted by Crippen LogP contribution is -2.07. The van der Waals surface area contributed by atoms with Gasteiger partial charge in [0.25, 0.3) is 0 Å². The Morgan fingerprint density at radius 2 is 2.37 bits per heavy atom. The second-order valence-corrected chi connectivity index (χ2v) is 5.82. The van der Waals surface area contributed by atoms with Crippen LogP contribution in [0, 0.1) is 18.3 Å². The number of nitriles is 1. The molecule has 1 aromatic rings. The van der Waals surface area contributed by atoms with Gasteiger partial charge in [-0.2, -0.15) is 5.26 Å². The van der Waals surface area contributed by atoms with Gasteiger partial charge in [0.15, 0.2) is 5.17 Å². The van der Waals surface area contributed by atoms with E-state index in [4.69, 9.17) is 10.3 Å². The van der Waals surface area contributed by atoms with Crippen LogP contribution in [0.1, 0.15) is 37.3 Å². The van der Waals surface area contributed by atoms with Gasteiger partial charge in [-0.3, -0.25) is 4.99 Å². The molecule has 1 aliphatic rings. The summed E-state index contributed by atoms with van der Waals surface area (Å²) in [4.78, 5) is 4.71. The maximum Gasteiger partial charge on any atom is 0.161 e. The zero-order valence-electron chi connectivity index (χ0n) is 11.4. The number of unbranched alkanes of at least 4 members (excludes halogenated alkanes) is 1. The van der Waals surface area contributed by atoms with Crippen LogP contribution >= 0.6 is 11.8 Å². The first-order valence-electron chi connectivity index (χ1n) is 6.71. The largest absolute Gasteiger partial charge is 0.335 e. The SMILES string of the molecule is CCCCC1CSC(Nc2ccc(C#N)cc2C)=N1. The van der Waals surface area contributed by atoms with E-state index in [9.17, 15) is 0 Å². The van der Waals surface area contributed by atoms with E-state index in [-0.39, 0.29) is 0 Å². The van der Waals surface area contributed by atoms with E-state index in [0.29, 0.717) is 11.6 Å². The Balaban J connectivity index is 2.00. The summed E-state index contributed by atoms with van der Waals surface area (Å²) in [6.07, 6.45) is 3.66. The van der Waals surface area contributed by atoms with E-state index in [1.165, 1.54) is 19.3 Å². The molecule has 2 rings (SSSR count). The van der Waals surface area contributed by atoms with Crippen molar-refractivity contribution in [1.82, 2.24) is 0 Å². The summed E-state index contributed by atoms with van der Waals surface area (Å²) in [6, 6.07) is 8.31. The van der Waals surface area contributed by atoms with Crippen molar-refractivity contribution in [2.45, 2.75) is 39.2 Å². The fourth-order valence-corrected chi connectivity index (χ4v) is 3.06. The summed E-state index contributed by atoms with van der Waals surface area (Å²) < 4.78 is 0. The minimum atomic E-state index is 0.464. The number of hydrogen-bond donors (Lipinski definition) is 1. The van der Waals surface area contributed by atoms with Crippen LogP contribution in [0.15, 0.2) is 23.2 Å². The minimum Gasteiger partial charge on any atom is -0.335 e. The first kappa shape index (κ1) is 14.0. The van der Waals surface area contributed by atoms with Gasteiger partial charge < -0.3 is 5.32 Å². The van der Waals surface area contributed by atoms with Crippen LogP contribution in [0.25, 0.3) is 0 Å².